The van der Waals surface area contributed by atoms with Crippen molar-refractivity contribution in [3.63, 3.8) is 0 Å². The first kappa shape index (κ1) is 14.6. The molecule has 106 valence electrons. The molecule has 0 radical (unpaired) electrons. The number of ether oxygens (including phenoxy) is 1. The highest BCUT2D eigenvalue weighted by Crippen LogP contribution is 2.22. The molecule has 2 rings (SSSR count). The van der Waals surface area contributed by atoms with Crippen molar-refractivity contribution in [1.82, 2.24) is 9.80 Å². The summed E-state index contributed by atoms with van der Waals surface area (Å²) in [4.78, 5) is 5.15. The van der Waals surface area contributed by atoms with Crippen LogP contribution in [-0.4, -0.2) is 67.7 Å². The first-order valence-electron chi connectivity index (χ1n) is 7.50. The van der Waals surface area contributed by atoms with Crippen molar-refractivity contribution in [2.45, 2.75) is 38.1 Å². The Labute approximate surface area is 116 Å². The topological polar surface area (TPSA) is 15.7 Å². The van der Waals surface area contributed by atoms with Gasteiger partial charge in [0.1, 0.15) is 0 Å². The number of morpholine rings is 1. The summed E-state index contributed by atoms with van der Waals surface area (Å²) in [5.74, 6) is 0.764. The lowest BCUT2D eigenvalue weighted by atomic mass is 9.94. The molecule has 1 saturated carbocycles. The summed E-state index contributed by atoms with van der Waals surface area (Å²) in [5, 5.41) is 0. The van der Waals surface area contributed by atoms with Gasteiger partial charge in [0.25, 0.3) is 0 Å². The SMILES string of the molecule is ClCCN(CCN1CCOCC1)C1CCCCC1. The third kappa shape index (κ3) is 4.69. The molecule has 0 aromatic rings. The fourth-order valence-electron chi connectivity index (χ4n) is 3.13. The standard InChI is InChI=1S/C14H27ClN2O/c15-6-7-17(14-4-2-1-3-5-14)9-8-16-10-12-18-13-11-16/h14H,1-13H2. The second kappa shape index (κ2) is 8.36. The van der Waals surface area contributed by atoms with Gasteiger partial charge in [-0.3, -0.25) is 9.80 Å². The summed E-state index contributed by atoms with van der Waals surface area (Å²) in [6.07, 6.45) is 6.98. The van der Waals surface area contributed by atoms with E-state index < -0.39 is 0 Å². The van der Waals surface area contributed by atoms with Crippen molar-refractivity contribution in [2.24, 2.45) is 0 Å². The van der Waals surface area contributed by atoms with E-state index in [4.69, 9.17) is 16.3 Å². The predicted octanol–water partition coefficient (Wildman–Crippen LogP) is 2.19. The summed E-state index contributed by atoms with van der Waals surface area (Å²) in [5.41, 5.74) is 0. The Kier molecular flexibility index (Phi) is 6.77. The zero-order valence-electron chi connectivity index (χ0n) is 11.5. The highest BCUT2D eigenvalue weighted by Gasteiger charge is 2.21. The van der Waals surface area contributed by atoms with Crippen molar-refractivity contribution < 1.29 is 4.74 Å². The molecule has 1 saturated heterocycles. The third-order valence-corrected chi connectivity index (χ3v) is 4.44. The average Bonchev–Trinajstić information content (AvgIpc) is 2.45. The zero-order chi connectivity index (χ0) is 12.6. The number of alkyl halides is 1. The molecular weight excluding hydrogens is 248 g/mol. The molecule has 2 aliphatic rings. The summed E-state index contributed by atoms with van der Waals surface area (Å²) in [6.45, 7) is 7.40. The lowest BCUT2D eigenvalue weighted by molar-refractivity contribution is 0.0298. The van der Waals surface area contributed by atoms with Gasteiger partial charge in [0.15, 0.2) is 0 Å². The van der Waals surface area contributed by atoms with E-state index in [1.54, 1.807) is 0 Å². The minimum atomic E-state index is 0.764. The molecule has 0 aromatic heterocycles. The van der Waals surface area contributed by atoms with E-state index in [1.165, 1.54) is 45.2 Å². The van der Waals surface area contributed by atoms with E-state index in [-0.39, 0.29) is 0 Å². The molecule has 1 aliphatic carbocycles. The smallest absolute Gasteiger partial charge is 0.0594 e. The number of hydrogen-bond acceptors (Lipinski definition) is 3. The molecule has 18 heavy (non-hydrogen) atoms. The maximum absolute atomic E-state index is 5.96. The molecule has 1 aliphatic heterocycles. The van der Waals surface area contributed by atoms with Crippen LogP contribution in [0.25, 0.3) is 0 Å². The highest BCUT2D eigenvalue weighted by atomic mass is 35.5. The van der Waals surface area contributed by atoms with Gasteiger partial charge < -0.3 is 4.74 Å². The quantitative estimate of drug-likeness (QED) is 0.691. The molecule has 3 nitrogen and oxygen atoms in total. The van der Waals surface area contributed by atoms with Crippen LogP contribution < -0.4 is 0 Å². The molecule has 0 spiro atoms. The third-order valence-electron chi connectivity index (χ3n) is 4.27. The zero-order valence-corrected chi connectivity index (χ0v) is 12.2. The summed E-state index contributed by atoms with van der Waals surface area (Å²) >= 11 is 5.96. The van der Waals surface area contributed by atoms with Gasteiger partial charge in [-0.25, -0.2) is 0 Å². The van der Waals surface area contributed by atoms with Gasteiger partial charge in [-0.2, -0.15) is 0 Å². The van der Waals surface area contributed by atoms with Crippen molar-refractivity contribution in [3.8, 4) is 0 Å². The van der Waals surface area contributed by atoms with E-state index in [0.29, 0.717) is 0 Å². The Morgan fingerprint density at radius 2 is 1.78 bits per heavy atom. The van der Waals surface area contributed by atoms with Crippen LogP contribution in [0, 0.1) is 0 Å². The Morgan fingerprint density at radius 1 is 1.06 bits per heavy atom. The van der Waals surface area contributed by atoms with Gasteiger partial charge in [0.2, 0.25) is 0 Å². The Morgan fingerprint density at radius 3 is 2.44 bits per heavy atom. The van der Waals surface area contributed by atoms with Crippen LogP contribution in [0.15, 0.2) is 0 Å². The van der Waals surface area contributed by atoms with Gasteiger partial charge in [-0.05, 0) is 12.8 Å². The molecule has 0 atom stereocenters. The molecule has 0 unspecified atom stereocenters. The van der Waals surface area contributed by atoms with Crippen LogP contribution in [0.2, 0.25) is 0 Å². The summed E-state index contributed by atoms with van der Waals surface area (Å²) in [6, 6.07) is 0.790. The maximum atomic E-state index is 5.96. The van der Waals surface area contributed by atoms with Gasteiger partial charge in [0.05, 0.1) is 13.2 Å². The van der Waals surface area contributed by atoms with Crippen molar-refractivity contribution in [3.05, 3.63) is 0 Å². The van der Waals surface area contributed by atoms with E-state index in [1.807, 2.05) is 0 Å². The molecule has 4 heteroatoms. The second-order valence-electron chi connectivity index (χ2n) is 5.47. The van der Waals surface area contributed by atoms with E-state index in [9.17, 15) is 0 Å². The molecule has 0 N–H and O–H groups in total. The monoisotopic (exact) mass is 274 g/mol. The van der Waals surface area contributed by atoms with Crippen LogP contribution >= 0.6 is 11.6 Å². The Hall–Kier alpha value is 0.170. The number of nitrogens with zero attached hydrogens (tertiary/aromatic N) is 2. The molecule has 1 heterocycles. The minimum Gasteiger partial charge on any atom is -0.379 e. The van der Waals surface area contributed by atoms with Crippen LogP contribution in [0.4, 0.5) is 0 Å². The number of rotatable bonds is 6. The lowest BCUT2D eigenvalue weighted by Crippen LogP contribution is -2.45. The largest absolute Gasteiger partial charge is 0.379 e. The molecule has 0 aromatic carbocycles. The van der Waals surface area contributed by atoms with Crippen LogP contribution in [-0.2, 0) is 4.74 Å². The Bertz CT molecular complexity index is 216. The van der Waals surface area contributed by atoms with Crippen molar-refractivity contribution >= 4 is 11.6 Å². The first-order valence-corrected chi connectivity index (χ1v) is 8.03. The van der Waals surface area contributed by atoms with Crippen LogP contribution in [0.1, 0.15) is 32.1 Å². The van der Waals surface area contributed by atoms with Gasteiger partial charge in [0, 0.05) is 44.6 Å². The summed E-state index contributed by atoms with van der Waals surface area (Å²) < 4.78 is 5.39. The normalized spacial score (nSPS) is 23.7. The molecule has 0 amide bonds. The molecule has 0 bridgehead atoms. The fourth-order valence-corrected chi connectivity index (χ4v) is 3.34. The fraction of sp³-hybridized carbons (Fsp3) is 1.00. The van der Waals surface area contributed by atoms with E-state index >= 15 is 0 Å². The van der Waals surface area contributed by atoms with Gasteiger partial charge in [-0.15, -0.1) is 11.6 Å². The Balaban J connectivity index is 1.73. The minimum absolute atomic E-state index is 0.764. The highest BCUT2D eigenvalue weighted by molar-refractivity contribution is 6.18. The average molecular weight is 275 g/mol. The van der Waals surface area contributed by atoms with Crippen LogP contribution in [0.3, 0.4) is 0 Å². The van der Waals surface area contributed by atoms with Crippen molar-refractivity contribution in [2.75, 3.05) is 51.8 Å². The van der Waals surface area contributed by atoms with Gasteiger partial charge >= 0.3 is 0 Å². The molecular formula is C14H27ClN2O. The van der Waals surface area contributed by atoms with E-state index in [0.717, 1.165) is 44.8 Å². The van der Waals surface area contributed by atoms with Crippen molar-refractivity contribution in [1.29, 1.82) is 0 Å². The summed E-state index contributed by atoms with van der Waals surface area (Å²) in [7, 11) is 0. The number of hydrogen-bond donors (Lipinski definition) is 0. The first-order chi connectivity index (χ1) is 8.90. The van der Waals surface area contributed by atoms with Crippen LogP contribution in [0.5, 0.6) is 0 Å². The predicted molar refractivity (Wildman–Crippen MR) is 76.4 cm³/mol. The second-order valence-corrected chi connectivity index (χ2v) is 5.85. The molecule has 2 fully saturated rings. The lowest BCUT2D eigenvalue weighted by Gasteiger charge is -2.36. The van der Waals surface area contributed by atoms with E-state index in [2.05, 4.69) is 9.80 Å². The van der Waals surface area contributed by atoms with Gasteiger partial charge in [-0.1, -0.05) is 19.3 Å². The number of halogens is 1. The maximum Gasteiger partial charge on any atom is 0.0594 e.